The predicted octanol–water partition coefficient (Wildman–Crippen LogP) is 3.03. The summed E-state index contributed by atoms with van der Waals surface area (Å²) in [5.41, 5.74) is 0. The van der Waals surface area contributed by atoms with Crippen molar-refractivity contribution in [1.82, 2.24) is 10.2 Å². The van der Waals surface area contributed by atoms with Gasteiger partial charge < -0.3 is 10.2 Å². The van der Waals surface area contributed by atoms with Gasteiger partial charge in [0, 0.05) is 12.1 Å². The second-order valence-corrected chi connectivity index (χ2v) is 6.28. The van der Waals surface area contributed by atoms with Gasteiger partial charge in [0.25, 0.3) is 0 Å². The van der Waals surface area contributed by atoms with Gasteiger partial charge in [-0.05, 0) is 64.1 Å². The first-order valence-corrected chi connectivity index (χ1v) is 7.75. The van der Waals surface area contributed by atoms with E-state index in [1.807, 2.05) is 0 Å². The molecule has 0 spiro atoms. The van der Waals surface area contributed by atoms with Crippen molar-refractivity contribution >= 4 is 0 Å². The van der Waals surface area contributed by atoms with E-state index in [4.69, 9.17) is 0 Å². The van der Waals surface area contributed by atoms with Crippen LogP contribution in [0.15, 0.2) is 0 Å². The molecule has 0 aromatic heterocycles. The van der Waals surface area contributed by atoms with Gasteiger partial charge in [0.1, 0.15) is 0 Å². The zero-order valence-corrected chi connectivity index (χ0v) is 11.8. The monoisotopic (exact) mass is 238 g/mol. The minimum absolute atomic E-state index is 0.823. The van der Waals surface area contributed by atoms with Crippen molar-refractivity contribution in [1.29, 1.82) is 0 Å². The summed E-state index contributed by atoms with van der Waals surface area (Å²) in [7, 11) is 0. The van der Waals surface area contributed by atoms with Crippen LogP contribution in [0.1, 0.15) is 58.8 Å². The normalized spacial score (nSPS) is 31.2. The van der Waals surface area contributed by atoms with Crippen LogP contribution in [-0.2, 0) is 0 Å². The van der Waals surface area contributed by atoms with Gasteiger partial charge in [-0.1, -0.05) is 20.3 Å². The van der Waals surface area contributed by atoms with Gasteiger partial charge in [-0.2, -0.15) is 0 Å². The number of likely N-dealkylation sites (tertiary alicyclic amines) is 1. The highest BCUT2D eigenvalue weighted by Gasteiger charge is 2.26. The lowest BCUT2D eigenvalue weighted by Crippen LogP contribution is -2.37. The minimum atomic E-state index is 0.823. The van der Waals surface area contributed by atoms with Crippen LogP contribution in [0, 0.1) is 5.92 Å². The van der Waals surface area contributed by atoms with Crippen LogP contribution in [0.3, 0.4) is 0 Å². The summed E-state index contributed by atoms with van der Waals surface area (Å²) in [6, 6.07) is 1.69. The van der Waals surface area contributed by atoms with Crippen molar-refractivity contribution in [3.63, 3.8) is 0 Å². The Hall–Kier alpha value is -0.0800. The minimum Gasteiger partial charge on any atom is -0.314 e. The van der Waals surface area contributed by atoms with Crippen molar-refractivity contribution in [2.75, 3.05) is 19.6 Å². The maximum absolute atomic E-state index is 3.66. The van der Waals surface area contributed by atoms with Gasteiger partial charge in [0.15, 0.2) is 0 Å². The molecule has 0 saturated carbocycles. The maximum Gasteiger partial charge on any atom is 0.0119 e. The van der Waals surface area contributed by atoms with E-state index >= 15 is 0 Å². The molecule has 2 atom stereocenters. The summed E-state index contributed by atoms with van der Waals surface area (Å²) in [5, 5.41) is 3.66. The topological polar surface area (TPSA) is 15.3 Å². The predicted molar refractivity (Wildman–Crippen MR) is 74.3 cm³/mol. The van der Waals surface area contributed by atoms with E-state index in [0.717, 1.165) is 18.0 Å². The molecular formula is C15H30N2. The third-order valence-electron chi connectivity index (χ3n) is 4.59. The van der Waals surface area contributed by atoms with Crippen LogP contribution >= 0.6 is 0 Å². The second kappa shape index (κ2) is 6.75. The summed E-state index contributed by atoms with van der Waals surface area (Å²) in [6.07, 6.45) is 9.87. The van der Waals surface area contributed by atoms with Crippen molar-refractivity contribution in [2.24, 2.45) is 5.92 Å². The Balaban J connectivity index is 1.63. The molecule has 0 bridgehead atoms. The summed E-state index contributed by atoms with van der Waals surface area (Å²) < 4.78 is 0. The fraction of sp³-hybridized carbons (Fsp3) is 1.00. The lowest BCUT2D eigenvalue weighted by molar-refractivity contribution is 0.199. The highest BCUT2D eigenvalue weighted by Crippen LogP contribution is 2.24. The highest BCUT2D eigenvalue weighted by molar-refractivity contribution is 4.82. The van der Waals surface area contributed by atoms with Crippen LogP contribution in [0.5, 0.6) is 0 Å². The Kier molecular flexibility index (Phi) is 5.30. The Morgan fingerprint density at radius 1 is 1.18 bits per heavy atom. The fourth-order valence-corrected chi connectivity index (χ4v) is 3.60. The van der Waals surface area contributed by atoms with E-state index < -0.39 is 0 Å². The smallest absolute Gasteiger partial charge is 0.0119 e. The molecule has 2 aliphatic rings. The standard InChI is InChI=1S/C15H30N2/c1-13(2)15-9-6-12-17(15)11-5-8-14-7-3-4-10-16-14/h13-16H,3-12H2,1-2H3. The summed E-state index contributed by atoms with van der Waals surface area (Å²) >= 11 is 0. The molecule has 2 aliphatic heterocycles. The third-order valence-corrected chi connectivity index (χ3v) is 4.59. The van der Waals surface area contributed by atoms with Crippen molar-refractivity contribution in [3.8, 4) is 0 Å². The maximum atomic E-state index is 3.66. The number of hydrogen-bond donors (Lipinski definition) is 1. The van der Waals surface area contributed by atoms with E-state index in [1.54, 1.807) is 0 Å². The zero-order chi connectivity index (χ0) is 12.1. The highest BCUT2D eigenvalue weighted by atomic mass is 15.2. The molecule has 2 unspecified atom stereocenters. The molecule has 1 N–H and O–H groups in total. The average Bonchev–Trinajstić information content (AvgIpc) is 2.79. The van der Waals surface area contributed by atoms with Gasteiger partial charge in [0.2, 0.25) is 0 Å². The number of nitrogens with zero attached hydrogens (tertiary/aromatic N) is 1. The molecule has 2 heteroatoms. The molecule has 2 nitrogen and oxygen atoms in total. The molecule has 0 radical (unpaired) electrons. The van der Waals surface area contributed by atoms with E-state index in [2.05, 4.69) is 24.1 Å². The zero-order valence-electron chi connectivity index (χ0n) is 11.8. The first kappa shape index (κ1) is 13.4. The van der Waals surface area contributed by atoms with Gasteiger partial charge in [-0.25, -0.2) is 0 Å². The average molecular weight is 238 g/mol. The molecule has 100 valence electrons. The summed E-state index contributed by atoms with van der Waals surface area (Å²) in [5.74, 6) is 0.838. The molecule has 17 heavy (non-hydrogen) atoms. The SMILES string of the molecule is CC(C)C1CCCN1CCCC1CCCCN1. The number of nitrogens with one attached hydrogen (secondary N) is 1. The second-order valence-electron chi connectivity index (χ2n) is 6.28. The van der Waals surface area contributed by atoms with Crippen LogP contribution in [0.4, 0.5) is 0 Å². The molecule has 0 aliphatic carbocycles. The van der Waals surface area contributed by atoms with Gasteiger partial charge in [-0.3, -0.25) is 0 Å². The number of hydrogen-bond acceptors (Lipinski definition) is 2. The van der Waals surface area contributed by atoms with Crippen LogP contribution in [0.2, 0.25) is 0 Å². The third kappa shape index (κ3) is 3.96. The molecule has 0 amide bonds. The Bertz CT molecular complexity index is 209. The van der Waals surface area contributed by atoms with Crippen LogP contribution < -0.4 is 5.32 Å². The van der Waals surface area contributed by atoms with Crippen molar-refractivity contribution in [3.05, 3.63) is 0 Å². The van der Waals surface area contributed by atoms with Gasteiger partial charge in [-0.15, -0.1) is 0 Å². The largest absolute Gasteiger partial charge is 0.314 e. The molecule has 0 aromatic rings. The number of rotatable bonds is 5. The Labute approximate surface area is 107 Å². The Morgan fingerprint density at radius 3 is 2.76 bits per heavy atom. The van der Waals surface area contributed by atoms with Gasteiger partial charge in [0.05, 0.1) is 0 Å². The van der Waals surface area contributed by atoms with E-state index in [0.29, 0.717) is 0 Å². The van der Waals surface area contributed by atoms with Crippen LogP contribution in [0.25, 0.3) is 0 Å². The Morgan fingerprint density at radius 2 is 2.06 bits per heavy atom. The lowest BCUT2D eigenvalue weighted by atomic mass is 9.99. The molecule has 2 heterocycles. The quantitative estimate of drug-likeness (QED) is 0.792. The van der Waals surface area contributed by atoms with Crippen molar-refractivity contribution in [2.45, 2.75) is 70.9 Å². The first-order chi connectivity index (χ1) is 8.27. The fourth-order valence-electron chi connectivity index (χ4n) is 3.60. The molecule has 2 rings (SSSR count). The van der Waals surface area contributed by atoms with Gasteiger partial charge >= 0.3 is 0 Å². The summed E-state index contributed by atoms with van der Waals surface area (Å²) in [4.78, 5) is 2.74. The number of piperidine rings is 1. The van der Waals surface area contributed by atoms with Crippen LogP contribution in [-0.4, -0.2) is 36.6 Å². The van der Waals surface area contributed by atoms with E-state index in [-0.39, 0.29) is 0 Å². The molecule has 2 saturated heterocycles. The van der Waals surface area contributed by atoms with E-state index in [9.17, 15) is 0 Å². The van der Waals surface area contributed by atoms with E-state index in [1.165, 1.54) is 64.6 Å². The van der Waals surface area contributed by atoms with Crippen molar-refractivity contribution < 1.29 is 0 Å². The first-order valence-electron chi connectivity index (χ1n) is 7.75. The molecule has 0 aromatic carbocycles. The summed E-state index contributed by atoms with van der Waals surface area (Å²) in [6.45, 7) is 8.70. The molecule has 2 fully saturated rings. The lowest BCUT2D eigenvalue weighted by Gasteiger charge is -2.29. The molecular weight excluding hydrogens is 208 g/mol.